The fourth-order valence-corrected chi connectivity index (χ4v) is 3.51. The molecule has 3 aromatic rings. The van der Waals surface area contributed by atoms with Crippen LogP contribution in [0.1, 0.15) is 28.0 Å². The lowest BCUT2D eigenvalue weighted by Gasteiger charge is -2.23. The van der Waals surface area contributed by atoms with E-state index >= 15 is 0 Å². The molecule has 0 saturated heterocycles. The Bertz CT molecular complexity index is 1330. The summed E-state index contributed by atoms with van der Waals surface area (Å²) in [5, 5.41) is 32.5. The van der Waals surface area contributed by atoms with E-state index in [2.05, 4.69) is 25.3 Å². The van der Waals surface area contributed by atoms with Crippen LogP contribution in [0.15, 0.2) is 65.9 Å². The summed E-state index contributed by atoms with van der Waals surface area (Å²) >= 11 is 0. The smallest absolute Gasteiger partial charge is 0.339 e. The Hall–Kier alpha value is -4.98. The number of hydrogen-bond donors (Lipinski definition) is 2. The number of carboxylic acids is 1. The van der Waals surface area contributed by atoms with Gasteiger partial charge in [-0.2, -0.15) is 5.26 Å². The number of benzene rings is 1. The second-order valence-corrected chi connectivity index (χ2v) is 7.35. The molecule has 11 nitrogen and oxygen atoms in total. The Morgan fingerprint density at radius 1 is 1.18 bits per heavy atom. The van der Waals surface area contributed by atoms with Gasteiger partial charge < -0.3 is 10.4 Å². The van der Waals surface area contributed by atoms with E-state index in [-0.39, 0.29) is 22.9 Å². The van der Waals surface area contributed by atoms with Crippen LogP contribution < -0.4 is 5.32 Å². The minimum atomic E-state index is -1.17. The predicted octanol–water partition coefficient (Wildman–Crippen LogP) is 3.35. The molecule has 1 aromatic carbocycles. The Labute approximate surface area is 193 Å². The van der Waals surface area contributed by atoms with Crippen molar-refractivity contribution in [3.05, 3.63) is 87.9 Å². The van der Waals surface area contributed by atoms with Crippen LogP contribution in [0.2, 0.25) is 0 Å². The first-order valence-corrected chi connectivity index (χ1v) is 10.1. The van der Waals surface area contributed by atoms with E-state index in [9.17, 15) is 20.0 Å². The van der Waals surface area contributed by atoms with Crippen molar-refractivity contribution in [2.24, 2.45) is 4.99 Å². The van der Waals surface area contributed by atoms with E-state index in [0.29, 0.717) is 29.8 Å². The van der Waals surface area contributed by atoms with Gasteiger partial charge >= 0.3 is 5.97 Å². The lowest BCUT2D eigenvalue weighted by atomic mass is 9.92. The van der Waals surface area contributed by atoms with E-state index in [0.717, 1.165) is 0 Å². The van der Waals surface area contributed by atoms with Crippen LogP contribution in [0.3, 0.4) is 0 Å². The van der Waals surface area contributed by atoms with Crippen LogP contribution in [0.5, 0.6) is 0 Å². The van der Waals surface area contributed by atoms with Gasteiger partial charge in [-0.3, -0.25) is 20.1 Å². The molecule has 2 N–H and O–H groups in total. The van der Waals surface area contributed by atoms with Crippen molar-refractivity contribution < 1.29 is 14.8 Å². The van der Waals surface area contributed by atoms with Gasteiger partial charge in [-0.1, -0.05) is 12.1 Å². The molecule has 0 amide bonds. The molecule has 1 aliphatic rings. The van der Waals surface area contributed by atoms with Crippen LogP contribution in [0.4, 0.5) is 11.6 Å². The Morgan fingerprint density at radius 3 is 2.56 bits per heavy atom. The molecule has 34 heavy (non-hydrogen) atoms. The number of carbonyl (C=O) groups is 1. The standard InChI is InChI=1S/C23H17N7O4/c24-12-15-2-4-16(5-3-15)20-18(21(31)32)14-27-22(29-20)25-11-9-23(8-1-10-28-23)19-7-6-17(13-26-19)30(33)34/h1-8,10,13-14H,9,11H2,(H,31,32)(H,25,27,29). The summed E-state index contributed by atoms with van der Waals surface area (Å²) in [5.41, 5.74) is 0.805. The summed E-state index contributed by atoms with van der Waals surface area (Å²) in [6.07, 6.45) is 8.16. The molecule has 0 spiro atoms. The zero-order chi connectivity index (χ0) is 24.1. The molecule has 2 aromatic heterocycles. The lowest BCUT2D eigenvalue weighted by molar-refractivity contribution is -0.385. The molecule has 1 unspecified atom stereocenters. The minimum absolute atomic E-state index is 0.0647. The number of aromatic carboxylic acids is 1. The van der Waals surface area contributed by atoms with Gasteiger partial charge in [0.25, 0.3) is 5.69 Å². The van der Waals surface area contributed by atoms with E-state index < -0.39 is 16.4 Å². The van der Waals surface area contributed by atoms with Gasteiger partial charge in [-0.15, -0.1) is 0 Å². The summed E-state index contributed by atoms with van der Waals surface area (Å²) < 4.78 is 0. The number of nitrogens with one attached hydrogen (secondary N) is 1. The van der Waals surface area contributed by atoms with E-state index in [4.69, 9.17) is 5.26 Å². The number of nitrogens with zero attached hydrogens (tertiary/aromatic N) is 6. The van der Waals surface area contributed by atoms with Gasteiger partial charge in [0, 0.05) is 30.6 Å². The maximum absolute atomic E-state index is 11.7. The summed E-state index contributed by atoms with van der Waals surface area (Å²) in [6, 6.07) is 11.4. The van der Waals surface area contributed by atoms with Crippen LogP contribution >= 0.6 is 0 Å². The van der Waals surface area contributed by atoms with Crippen LogP contribution in [0.25, 0.3) is 11.3 Å². The van der Waals surface area contributed by atoms with Gasteiger partial charge in [0.05, 0.1) is 27.9 Å². The highest BCUT2D eigenvalue weighted by Crippen LogP contribution is 2.33. The molecule has 0 saturated carbocycles. The minimum Gasteiger partial charge on any atom is -0.478 e. The van der Waals surface area contributed by atoms with E-state index in [1.165, 1.54) is 18.5 Å². The highest BCUT2D eigenvalue weighted by atomic mass is 16.6. The third-order valence-electron chi connectivity index (χ3n) is 5.26. The second kappa shape index (κ2) is 9.25. The topological polar surface area (TPSA) is 167 Å². The summed E-state index contributed by atoms with van der Waals surface area (Å²) in [6.45, 7) is 0.361. The largest absolute Gasteiger partial charge is 0.478 e. The number of aliphatic imine (C=N–C) groups is 1. The van der Waals surface area contributed by atoms with Crippen molar-refractivity contribution in [3.8, 4) is 17.3 Å². The number of allylic oxidation sites excluding steroid dienone is 1. The van der Waals surface area contributed by atoms with Crippen molar-refractivity contribution >= 4 is 23.8 Å². The highest BCUT2D eigenvalue weighted by Gasteiger charge is 2.32. The van der Waals surface area contributed by atoms with E-state index in [1.54, 1.807) is 42.6 Å². The number of nitro groups is 1. The maximum Gasteiger partial charge on any atom is 0.339 e. The maximum atomic E-state index is 11.7. The lowest BCUT2D eigenvalue weighted by Crippen LogP contribution is -2.25. The number of pyridine rings is 1. The van der Waals surface area contributed by atoms with Gasteiger partial charge in [-0.25, -0.2) is 14.8 Å². The summed E-state index contributed by atoms with van der Waals surface area (Å²) in [5.74, 6) is -0.943. The predicted molar refractivity (Wildman–Crippen MR) is 122 cm³/mol. The van der Waals surface area contributed by atoms with Gasteiger partial charge in [-0.05, 0) is 36.8 Å². The Kier molecular flexibility index (Phi) is 6.05. The molecule has 0 bridgehead atoms. The molecule has 11 heteroatoms. The average Bonchev–Trinajstić information content (AvgIpc) is 3.34. The molecule has 4 rings (SSSR count). The third kappa shape index (κ3) is 4.46. The summed E-state index contributed by atoms with van der Waals surface area (Å²) in [4.78, 5) is 39.3. The molecule has 0 fully saturated rings. The Balaban J connectivity index is 1.54. The number of nitriles is 1. The molecule has 3 heterocycles. The molecular weight excluding hydrogens is 438 g/mol. The normalized spacial score (nSPS) is 16.2. The fraction of sp³-hybridized carbons (Fsp3) is 0.130. The highest BCUT2D eigenvalue weighted by molar-refractivity contribution is 5.94. The number of aromatic nitrogens is 3. The van der Waals surface area contributed by atoms with E-state index in [1.807, 2.05) is 12.1 Å². The molecule has 1 aliphatic heterocycles. The number of hydrogen-bond acceptors (Lipinski definition) is 9. The molecular formula is C23H17N7O4. The van der Waals surface area contributed by atoms with Crippen molar-refractivity contribution in [1.82, 2.24) is 15.0 Å². The van der Waals surface area contributed by atoms with Crippen molar-refractivity contribution in [2.75, 3.05) is 11.9 Å². The zero-order valence-corrected chi connectivity index (χ0v) is 17.6. The van der Waals surface area contributed by atoms with Crippen LogP contribution in [-0.4, -0.2) is 43.7 Å². The average molecular weight is 455 g/mol. The molecule has 168 valence electrons. The SMILES string of the molecule is N#Cc1ccc(-c2nc(NCCC3(c4ccc([N+](=O)[O-])cn4)C=CC=N3)ncc2C(=O)O)cc1. The number of anilines is 1. The Morgan fingerprint density at radius 2 is 1.97 bits per heavy atom. The van der Waals surface area contributed by atoms with Gasteiger partial charge in [0.1, 0.15) is 17.3 Å². The van der Waals surface area contributed by atoms with Crippen molar-refractivity contribution in [3.63, 3.8) is 0 Å². The number of rotatable bonds is 8. The molecule has 0 radical (unpaired) electrons. The zero-order valence-electron chi connectivity index (χ0n) is 17.6. The monoisotopic (exact) mass is 455 g/mol. The first-order valence-electron chi connectivity index (χ1n) is 10.1. The third-order valence-corrected chi connectivity index (χ3v) is 5.26. The van der Waals surface area contributed by atoms with Gasteiger partial charge in [0.15, 0.2) is 0 Å². The molecule has 1 atom stereocenters. The first kappa shape index (κ1) is 22.2. The second-order valence-electron chi connectivity index (χ2n) is 7.35. The molecule has 0 aliphatic carbocycles. The van der Waals surface area contributed by atoms with Crippen molar-refractivity contribution in [1.29, 1.82) is 5.26 Å². The first-order chi connectivity index (χ1) is 16.4. The van der Waals surface area contributed by atoms with Crippen LogP contribution in [0, 0.1) is 21.4 Å². The van der Waals surface area contributed by atoms with Gasteiger partial charge in [0.2, 0.25) is 5.95 Å². The van der Waals surface area contributed by atoms with Crippen LogP contribution in [-0.2, 0) is 5.54 Å². The summed E-state index contributed by atoms with van der Waals surface area (Å²) in [7, 11) is 0. The fourth-order valence-electron chi connectivity index (χ4n) is 3.51. The van der Waals surface area contributed by atoms with Crippen molar-refractivity contribution in [2.45, 2.75) is 12.0 Å². The quantitative estimate of drug-likeness (QED) is 0.382. The number of carboxylic acid groups (broad SMARTS) is 1.